The molecule has 0 radical (unpaired) electrons. The molecule has 1 unspecified atom stereocenters. The molecule has 1 heterocycles. The van der Waals surface area contributed by atoms with E-state index in [2.05, 4.69) is 0 Å². The molecule has 0 aliphatic carbocycles. The molecule has 1 aromatic rings. The SMILES string of the molecule is O=C(O)C1CN(c2ccccc2Cl)CCS1. The minimum atomic E-state index is -0.748. The highest BCUT2D eigenvalue weighted by Gasteiger charge is 2.26. The van der Waals surface area contributed by atoms with Gasteiger partial charge in [-0.1, -0.05) is 23.7 Å². The average Bonchev–Trinajstić information content (AvgIpc) is 2.30. The number of carbonyl (C=O) groups is 1. The van der Waals surface area contributed by atoms with Crippen LogP contribution in [0.3, 0.4) is 0 Å². The Kier molecular flexibility index (Phi) is 3.61. The highest BCUT2D eigenvalue weighted by molar-refractivity contribution is 8.00. The number of halogens is 1. The van der Waals surface area contributed by atoms with Gasteiger partial charge in [-0.3, -0.25) is 4.79 Å². The summed E-state index contributed by atoms with van der Waals surface area (Å²) >= 11 is 7.58. The second-order valence-electron chi connectivity index (χ2n) is 3.60. The molecule has 5 heteroatoms. The van der Waals surface area contributed by atoms with E-state index in [1.165, 1.54) is 11.8 Å². The molecule has 1 fully saturated rings. The molecule has 3 nitrogen and oxygen atoms in total. The number of benzene rings is 1. The lowest BCUT2D eigenvalue weighted by Gasteiger charge is -2.32. The van der Waals surface area contributed by atoms with Gasteiger partial charge in [0, 0.05) is 18.8 Å². The van der Waals surface area contributed by atoms with E-state index in [9.17, 15) is 4.79 Å². The Balaban J connectivity index is 2.16. The Bertz CT molecular complexity index is 399. The number of hydrogen-bond donors (Lipinski definition) is 1. The minimum Gasteiger partial charge on any atom is -0.480 e. The Hall–Kier alpha value is -0.870. The Labute approximate surface area is 103 Å². The molecule has 1 N–H and O–H groups in total. The fourth-order valence-corrected chi connectivity index (χ4v) is 3.02. The maximum absolute atomic E-state index is 10.9. The number of aliphatic carboxylic acids is 1. The summed E-state index contributed by atoms with van der Waals surface area (Å²) in [5, 5.41) is 9.31. The van der Waals surface area contributed by atoms with Crippen LogP contribution in [0.5, 0.6) is 0 Å². The smallest absolute Gasteiger partial charge is 0.318 e. The quantitative estimate of drug-likeness (QED) is 0.883. The summed E-state index contributed by atoms with van der Waals surface area (Å²) in [6.07, 6.45) is 0. The maximum Gasteiger partial charge on any atom is 0.318 e. The predicted molar refractivity (Wildman–Crippen MR) is 67.5 cm³/mol. The molecule has 1 saturated heterocycles. The van der Waals surface area contributed by atoms with E-state index in [4.69, 9.17) is 16.7 Å². The molecule has 16 heavy (non-hydrogen) atoms. The van der Waals surface area contributed by atoms with E-state index >= 15 is 0 Å². The monoisotopic (exact) mass is 257 g/mol. The fraction of sp³-hybridized carbons (Fsp3) is 0.364. The molecule has 86 valence electrons. The first-order chi connectivity index (χ1) is 7.68. The molecular weight excluding hydrogens is 246 g/mol. The van der Waals surface area contributed by atoms with E-state index in [0.29, 0.717) is 11.6 Å². The summed E-state index contributed by atoms with van der Waals surface area (Å²) in [5.74, 6) is 0.0732. The maximum atomic E-state index is 10.9. The van der Waals surface area contributed by atoms with E-state index in [-0.39, 0.29) is 5.25 Å². The van der Waals surface area contributed by atoms with Crippen molar-refractivity contribution in [3.05, 3.63) is 29.3 Å². The Morgan fingerprint density at radius 2 is 2.25 bits per heavy atom. The van der Waals surface area contributed by atoms with Gasteiger partial charge < -0.3 is 10.0 Å². The second kappa shape index (κ2) is 4.97. The third-order valence-electron chi connectivity index (χ3n) is 2.54. The zero-order valence-electron chi connectivity index (χ0n) is 8.60. The van der Waals surface area contributed by atoms with Gasteiger partial charge in [-0.05, 0) is 12.1 Å². The molecule has 1 aliphatic rings. The van der Waals surface area contributed by atoms with Gasteiger partial charge in [0.15, 0.2) is 0 Å². The second-order valence-corrected chi connectivity index (χ2v) is 5.31. The molecule has 1 atom stereocenters. The summed E-state index contributed by atoms with van der Waals surface area (Å²) < 4.78 is 0. The largest absolute Gasteiger partial charge is 0.480 e. The lowest BCUT2D eigenvalue weighted by atomic mass is 10.2. The van der Waals surface area contributed by atoms with Crippen LogP contribution in [0.15, 0.2) is 24.3 Å². The zero-order valence-corrected chi connectivity index (χ0v) is 10.2. The molecule has 2 rings (SSSR count). The molecule has 0 spiro atoms. The van der Waals surface area contributed by atoms with Gasteiger partial charge in [0.2, 0.25) is 0 Å². The van der Waals surface area contributed by atoms with Crippen molar-refractivity contribution in [2.24, 2.45) is 0 Å². The first kappa shape index (κ1) is 11.6. The standard InChI is InChI=1S/C11H12ClNO2S/c12-8-3-1-2-4-9(8)13-5-6-16-10(7-13)11(14)15/h1-4,10H,5-7H2,(H,14,15). The third kappa shape index (κ3) is 2.44. The number of para-hydroxylation sites is 1. The van der Waals surface area contributed by atoms with Crippen molar-refractivity contribution >= 4 is 35.0 Å². The van der Waals surface area contributed by atoms with Gasteiger partial charge in [-0.2, -0.15) is 0 Å². The highest BCUT2D eigenvalue weighted by atomic mass is 35.5. The number of nitrogens with zero attached hydrogens (tertiary/aromatic N) is 1. The van der Waals surface area contributed by atoms with Crippen molar-refractivity contribution < 1.29 is 9.90 Å². The topological polar surface area (TPSA) is 40.5 Å². The van der Waals surface area contributed by atoms with Crippen molar-refractivity contribution in [3.8, 4) is 0 Å². The Morgan fingerprint density at radius 1 is 1.50 bits per heavy atom. The van der Waals surface area contributed by atoms with E-state index in [1.807, 2.05) is 29.2 Å². The molecule has 0 aromatic heterocycles. The molecule has 0 bridgehead atoms. The van der Waals surface area contributed by atoms with Crippen molar-refractivity contribution in [1.82, 2.24) is 0 Å². The lowest BCUT2D eigenvalue weighted by Crippen LogP contribution is -2.41. The van der Waals surface area contributed by atoms with Crippen LogP contribution in [0.1, 0.15) is 0 Å². The van der Waals surface area contributed by atoms with Gasteiger partial charge in [0.1, 0.15) is 5.25 Å². The highest BCUT2D eigenvalue weighted by Crippen LogP contribution is 2.29. The van der Waals surface area contributed by atoms with Crippen molar-refractivity contribution in [1.29, 1.82) is 0 Å². The molecule has 1 aromatic carbocycles. The number of anilines is 1. The average molecular weight is 258 g/mol. The van der Waals surface area contributed by atoms with Crippen LogP contribution in [0.25, 0.3) is 0 Å². The molecule has 1 aliphatic heterocycles. The fourth-order valence-electron chi connectivity index (χ4n) is 1.73. The molecular formula is C11H12ClNO2S. The van der Waals surface area contributed by atoms with Gasteiger partial charge >= 0.3 is 5.97 Å². The van der Waals surface area contributed by atoms with Crippen LogP contribution < -0.4 is 4.90 Å². The van der Waals surface area contributed by atoms with Crippen LogP contribution >= 0.6 is 23.4 Å². The van der Waals surface area contributed by atoms with Gasteiger partial charge in [-0.25, -0.2) is 0 Å². The Morgan fingerprint density at radius 3 is 2.94 bits per heavy atom. The van der Waals surface area contributed by atoms with Crippen molar-refractivity contribution in [2.75, 3.05) is 23.7 Å². The lowest BCUT2D eigenvalue weighted by molar-refractivity contribution is -0.136. The van der Waals surface area contributed by atoms with Gasteiger partial charge in [0.25, 0.3) is 0 Å². The van der Waals surface area contributed by atoms with E-state index in [0.717, 1.165) is 18.0 Å². The van der Waals surface area contributed by atoms with Gasteiger partial charge in [0.05, 0.1) is 10.7 Å². The number of carboxylic acids is 1. The van der Waals surface area contributed by atoms with Crippen molar-refractivity contribution in [2.45, 2.75) is 5.25 Å². The number of carboxylic acid groups (broad SMARTS) is 1. The van der Waals surface area contributed by atoms with Crippen LogP contribution in [0.2, 0.25) is 5.02 Å². The van der Waals surface area contributed by atoms with Crippen LogP contribution in [0.4, 0.5) is 5.69 Å². The van der Waals surface area contributed by atoms with E-state index < -0.39 is 5.97 Å². The third-order valence-corrected chi connectivity index (χ3v) is 4.03. The summed E-state index contributed by atoms with van der Waals surface area (Å²) in [4.78, 5) is 13.0. The van der Waals surface area contributed by atoms with Crippen molar-refractivity contribution in [3.63, 3.8) is 0 Å². The van der Waals surface area contributed by atoms with Crippen LogP contribution in [0, 0.1) is 0 Å². The first-order valence-corrected chi connectivity index (χ1v) is 6.45. The first-order valence-electron chi connectivity index (χ1n) is 5.02. The summed E-state index contributed by atoms with van der Waals surface area (Å²) in [6.45, 7) is 1.36. The van der Waals surface area contributed by atoms with Crippen LogP contribution in [-0.4, -0.2) is 35.2 Å². The number of thioether (sulfide) groups is 1. The predicted octanol–water partition coefficient (Wildman–Crippen LogP) is 2.35. The normalized spacial score (nSPS) is 20.8. The number of hydrogen-bond acceptors (Lipinski definition) is 3. The zero-order chi connectivity index (χ0) is 11.5. The summed E-state index contributed by atoms with van der Waals surface area (Å²) in [5.41, 5.74) is 0.927. The molecule has 0 saturated carbocycles. The van der Waals surface area contributed by atoms with Crippen LogP contribution in [-0.2, 0) is 4.79 Å². The summed E-state index contributed by atoms with van der Waals surface area (Å²) in [6, 6.07) is 7.55. The minimum absolute atomic E-state index is 0.356. The number of rotatable bonds is 2. The van der Waals surface area contributed by atoms with Gasteiger partial charge in [-0.15, -0.1) is 11.8 Å². The summed E-state index contributed by atoms with van der Waals surface area (Å²) in [7, 11) is 0. The van der Waals surface area contributed by atoms with E-state index in [1.54, 1.807) is 0 Å². The molecule has 0 amide bonds.